The number of benzene rings is 1. The molecule has 1 rings (SSSR count). The van der Waals surface area contributed by atoms with E-state index in [-0.39, 0.29) is 11.1 Å². The van der Waals surface area contributed by atoms with Crippen LogP contribution in [0.25, 0.3) is 0 Å². The minimum Gasteiger partial charge on any atom is -0.298 e. The van der Waals surface area contributed by atoms with Gasteiger partial charge in [0, 0.05) is 11.1 Å². The zero-order valence-corrected chi connectivity index (χ0v) is 5.58. The molecule has 0 aromatic heterocycles. The first-order valence-electron chi connectivity index (χ1n) is 2.98. The van der Waals surface area contributed by atoms with Gasteiger partial charge < -0.3 is 0 Å². The van der Waals surface area contributed by atoms with Crippen molar-refractivity contribution >= 4 is 12.6 Å². The van der Waals surface area contributed by atoms with Crippen LogP contribution in [-0.2, 0) is 0 Å². The lowest BCUT2D eigenvalue weighted by Gasteiger charge is -1.94. The summed E-state index contributed by atoms with van der Waals surface area (Å²) in [5.74, 6) is -0.516. The molecule has 0 N–H and O–H groups in total. The van der Waals surface area contributed by atoms with E-state index in [4.69, 9.17) is 0 Å². The summed E-state index contributed by atoms with van der Waals surface area (Å²) >= 11 is 0. The van der Waals surface area contributed by atoms with E-state index < -0.39 is 5.82 Å². The Bertz CT molecular complexity index is 294. The second-order valence-electron chi connectivity index (χ2n) is 2.01. The second kappa shape index (κ2) is 3.05. The van der Waals surface area contributed by atoms with Crippen LogP contribution >= 0.6 is 0 Å². The average Bonchev–Trinajstić information content (AvgIpc) is 2.04. The van der Waals surface area contributed by atoms with E-state index in [2.05, 4.69) is 0 Å². The summed E-state index contributed by atoms with van der Waals surface area (Å²) in [6.45, 7) is 0. The molecule has 0 amide bonds. The fourth-order valence-electron chi connectivity index (χ4n) is 0.755. The summed E-state index contributed by atoms with van der Waals surface area (Å²) in [4.78, 5) is 20.4. The molecular formula is C8H5FO2. The third kappa shape index (κ3) is 1.49. The largest absolute Gasteiger partial charge is 0.298 e. The van der Waals surface area contributed by atoms with Crippen LogP contribution in [0, 0.1) is 5.82 Å². The van der Waals surface area contributed by atoms with E-state index in [0.717, 1.165) is 12.1 Å². The van der Waals surface area contributed by atoms with E-state index in [1.165, 1.54) is 6.07 Å². The highest BCUT2D eigenvalue weighted by Crippen LogP contribution is 2.06. The molecule has 0 aliphatic carbocycles. The average molecular weight is 152 g/mol. The van der Waals surface area contributed by atoms with E-state index in [1.807, 2.05) is 0 Å². The highest BCUT2D eigenvalue weighted by Gasteiger charge is 2.00. The summed E-state index contributed by atoms with van der Waals surface area (Å²) in [6.07, 6.45) is 0.968. The van der Waals surface area contributed by atoms with Gasteiger partial charge in [0.05, 0.1) is 0 Å². The maximum atomic E-state index is 12.4. The normalized spacial score (nSPS) is 9.18. The Labute approximate surface area is 62.6 Å². The lowest BCUT2D eigenvalue weighted by Crippen LogP contribution is -1.90. The molecule has 0 spiro atoms. The van der Waals surface area contributed by atoms with Crippen molar-refractivity contribution in [1.82, 2.24) is 0 Å². The second-order valence-corrected chi connectivity index (χ2v) is 2.01. The molecule has 0 radical (unpaired) electrons. The molecule has 0 saturated carbocycles. The van der Waals surface area contributed by atoms with Gasteiger partial charge in [-0.3, -0.25) is 9.59 Å². The van der Waals surface area contributed by atoms with Crippen LogP contribution in [0.1, 0.15) is 20.7 Å². The first kappa shape index (κ1) is 7.60. The van der Waals surface area contributed by atoms with Gasteiger partial charge in [-0.15, -0.1) is 0 Å². The van der Waals surface area contributed by atoms with Crippen molar-refractivity contribution in [2.75, 3.05) is 0 Å². The van der Waals surface area contributed by atoms with Crippen molar-refractivity contribution in [3.05, 3.63) is 35.1 Å². The Morgan fingerprint density at radius 3 is 2.27 bits per heavy atom. The van der Waals surface area contributed by atoms with Gasteiger partial charge in [-0.2, -0.15) is 0 Å². The summed E-state index contributed by atoms with van der Waals surface area (Å²) in [6, 6.07) is 3.43. The molecule has 0 saturated heterocycles. The Morgan fingerprint density at radius 2 is 1.73 bits per heavy atom. The number of carbonyl (C=O) groups excluding carboxylic acids is 2. The van der Waals surface area contributed by atoms with Crippen molar-refractivity contribution in [2.45, 2.75) is 0 Å². The molecule has 0 aliphatic rings. The predicted molar refractivity (Wildman–Crippen MR) is 37.2 cm³/mol. The van der Waals surface area contributed by atoms with Gasteiger partial charge in [-0.05, 0) is 18.2 Å². The van der Waals surface area contributed by atoms with Gasteiger partial charge in [0.25, 0.3) is 0 Å². The SMILES string of the molecule is O=Cc1ccc(F)cc1C=O. The van der Waals surface area contributed by atoms with Gasteiger partial charge in [0.1, 0.15) is 5.82 Å². The van der Waals surface area contributed by atoms with Gasteiger partial charge in [-0.25, -0.2) is 4.39 Å². The first-order chi connectivity index (χ1) is 5.27. The van der Waals surface area contributed by atoms with E-state index >= 15 is 0 Å². The van der Waals surface area contributed by atoms with Crippen molar-refractivity contribution in [3.8, 4) is 0 Å². The van der Waals surface area contributed by atoms with Crippen molar-refractivity contribution in [1.29, 1.82) is 0 Å². The summed E-state index contributed by atoms with van der Waals surface area (Å²) in [5.41, 5.74) is 0.293. The third-order valence-corrected chi connectivity index (χ3v) is 1.30. The number of carbonyl (C=O) groups is 2. The van der Waals surface area contributed by atoms with Crippen molar-refractivity contribution in [3.63, 3.8) is 0 Å². The van der Waals surface area contributed by atoms with Crippen LogP contribution in [0.4, 0.5) is 4.39 Å². The Balaban J connectivity index is 3.26. The molecule has 1 aromatic carbocycles. The van der Waals surface area contributed by atoms with Crippen LogP contribution in [0.3, 0.4) is 0 Å². The smallest absolute Gasteiger partial charge is 0.150 e. The number of hydrogen-bond acceptors (Lipinski definition) is 2. The zero-order chi connectivity index (χ0) is 8.27. The fourth-order valence-corrected chi connectivity index (χ4v) is 0.755. The van der Waals surface area contributed by atoms with Crippen molar-refractivity contribution in [2.24, 2.45) is 0 Å². The number of hydrogen-bond donors (Lipinski definition) is 0. The van der Waals surface area contributed by atoms with Gasteiger partial charge in [0.15, 0.2) is 12.6 Å². The monoisotopic (exact) mass is 152 g/mol. The summed E-state index contributed by atoms with van der Waals surface area (Å²) < 4.78 is 12.4. The van der Waals surface area contributed by atoms with Gasteiger partial charge in [0.2, 0.25) is 0 Å². The molecule has 1 aromatic rings. The Kier molecular flexibility index (Phi) is 2.11. The van der Waals surface area contributed by atoms with E-state index in [1.54, 1.807) is 0 Å². The Hall–Kier alpha value is -1.51. The number of halogens is 1. The number of aldehydes is 2. The molecule has 0 unspecified atom stereocenters. The van der Waals surface area contributed by atoms with Crippen LogP contribution in [0.2, 0.25) is 0 Å². The lowest BCUT2D eigenvalue weighted by molar-refractivity contribution is 0.109. The molecular weight excluding hydrogens is 147 g/mol. The molecule has 11 heavy (non-hydrogen) atoms. The third-order valence-electron chi connectivity index (χ3n) is 1.30. The highest BCUT2D eigenvalue weighted by atomic mass is 19.1. The predicted octanol–water partition coefficient (Wildman–Crippen LogP) is 1.45. The Morgan fingerprint density at radius 1 is 1.09 bits per heavy atom. The molecule has 56 valence electrons. The van der Waals surface area contributed by atoms with Gasteiger partial charge in [-0.1, -0.05) is 0 Å². The molecule has 0 heterocycles. The van der Waals surface area contributed by atoms with Crippen LogP contribution in [0.5, 0.6) is 0 Å². The fraction of sp³-hybridized carbons (Fsp3) is 0. The van der Waals surface area contributed by atoms with Gasteiger partial charge >= 0.3 is 0 Å². The molecule has 0 fully saturated rings. The van der Waals surface area contributed by atoms with E-state index in [9.17, 15) is 14.0 Å². The quantitative estimate of drug-likeness (QED) is 0.601. The van der Waals surface area contributed by atoms with Crippen LogP contribution in [-0.4, -0.2) is 12.6 Å². The molecule has 0 aliphatic heterocycles. The molecule has 3 heteroatoms. The topological polar surface area (TPSA) is 34.1 Å². The van der Waals surface area contributed by atoms with Crippen LogP contribution < -0.4 is 0 Å². The van der Waals surface area contributed by atoms with Crippen molar-refractivity contribution < 1.29 is 14.0 Å². The minimum atomic E-state index is -0.516. The maximum absolute atomic E-state index is 12.4. The molecule has 0 atom stereocenters. The first-order valence-corrected chi connectivity index (χ1v) is 2.98. The summed E-state index contributed by atoms with van der Waals surface area (Å²) in [7, 11) is 0. The molecule has 2 nitrogen and oxygen atoms in total. The zero-order valence-electron chi connectivity index (χ0n) is 5.58. The van der Waals surface area contributed by atoms with E-state index in [0.29, 0.717) is 12.6 Å². The maximum Gasteiger partial charge on any atom is 0.150 e. The highest BCUT2D eigenvalue weighted by molar-refractivity contribution is 5.90. The molecule has 0 bridgehead atoms. The standard InChI is InChI=1S/C8H5FO2/c9-8-2-1-6(4-10)7(3-8)5-11/h1-5H. The lowest BCUT2D eigenvalue weighted by atomic mass is 10.1. The minimum absolute atomic E-state index is 0.0833. The summed E-state index contributed by atoms with van der Waals surface area (Å²) in [5, 5.41) is 0. The number of rotatable bonds is 2. The van der Waals surface area contributed by atoms with Crippen LogP contribution in [0.15, 0.2) is 18.2 Å².